The molecule has 0 aliphatic heterocycles. The van der Waals surface area contributed by atoms with E-state index in [1.54, 1.807) is 18.3 Å². The normalized spacial score (nSPS) is 14.6. The van der Waals surface area contributed by atoms with E-state index in [1.165, 1.54) is 20.0 Å². The number of anilines is 1. The molecule has 5 nitrogen and oxygen atoms in total. The Bertz CT molecular complexity index is 418. The van der Waals surface area contributed by atoms with E-state index in [9.17, 15) is 4.79 Å². The van der Waals surface area contributed by atoms with Crippen molar-refractivity contribution in [2.24, 2.45) is 0 Å². The first-order chi connectivity index (χ1) is 8.72. The van der Waals surface area contributed by atoms with Gasteiger partial charge in [0, 0.05) is 25.3 Å². The van der Waals surface area contributed by atoms with Crippen LogP contribution in [0.25, 0.3) is 0 Å². The van der Waals surface area contributed by atoms with Crippen LogP contribution in [0.15, 0.2) is 18.3 Å². The number of esters is 1. The van der Waals surface area contributed by atoms with Crippen LogP contribution in [-0.4, -0.2) is 49.1 Å². The highest BCUT2D eigenvalue weighted by Crippen LogP contribution is 2.24. The summed E-state index contributed by atoms with van der Waals surface area (Å²) in [6, 6.07) is 4.19. The summed E-state index contributed by atoms with van der Waals surface area (Å²) in [6.07, 6.45) is 4.26. The molecule has 1 heterocycles. The Morgan fingerprint density at radius 3 is 3.06 bits per heavy atom. The van der Waals surface area contributed by atoms with E-state index in [4.69, 9.17) is 4.74 Å². The topological polar surface area (TPSA) is 54.5 Å². The lowest BCUT2D eigenvalue weighted by Gasteiger charge is -2.16. The maximum Gasteiger partial charge on any atom is 0.341 e. The van der Waals surface area contributed by atoms with Crippen molar-refractivity contribution in [3.8, 4) is 0 Å². The molecule has 0 atom stereocenters. The Labute approximate surface area is 107 Å². The lowest BCUT2D eigenvalue weighted by atomic mass is 10.2. The second-order valence-electron chi connectivity index (χ2n) is 4.53. The van der Waals surface area contributed by atoms with Crippen LogP contribution in [0, 0.1) is 0 Å². The van der Waals surface area contributed by atoms with Crippen molar-refractivity contribution in [1.29, 1.82) is 0 Å². The molecule has 0 amide bonds. The number of carbonyl (C=O) groups is 1. The molecule has 0 aromatic carbocycles. The van der Waals surface area contributed by atoms with Gasteiger partial charge in [0.15, 0.2) is 0 Å². The number of nitrogens with one attached hydrogen (secondary N) is 1. The molecule has 1 N–H and O–H groups in total. The molecule has 0 radical (unpaired) electrons. The fraction of sp³-hybridized carbons (Fsp3) is 0.538. The van der Waals surface area contributed by atoms with Gasteiger partial charge in [-0.25, -0.2) is 9.78 Å². The van der Waals surface area contributed by atoms with E-state index in [0.717, 1.165) is 19.1 Å². The van der Waals surface area contributed by atoms with Crippen LogP contribution < -0.4 is 5.32 Å². The monoisotopic (exact) mass is 249 g/mol. The predicted molar refractivity (Wildman–Crippen MR) is 69.7 cm³/mol. The van der Waals surface area contributed by atoms with Crippen molar-refractivity contribution in [2.75, 3.05) is 32.6 Å². The highest BCUT2D eigenvalue weighted by molar-refractivity contribution is 5.94. The highest BCUT2D eigenvalue weighted by Gasteiger charge is 2.25. The first-order valence-corrected chi connectivity index (χ1v) is 6.20. The minimum absolute atomic E-state index is 0.360. The molecule has 5 heteroatoms. The van der Waals surface area contributed by atoms with Crippen LogP contribution in [0.1, 0.15) is 23.2 Å². The van der Waals surface area contributed by atoms with Gasteiger partial charge in [0.2, 0.25) is 0 Å². The second kappa shape index (κ2) is 5.82. The quantitative estimate of drug-likeness (QED) is 0.772. The molecule has 1 aromatic rings. The second-order valence-corrected chi connectivity index (χ2v) is 4.53. The van der Waals surface area contributed by atoms with Gasteiger partial charge in [0.05, 0.1) is 7.11 Å². The van der Waals surface area contributed by atoms with E-state index in [2.05, 4.69) is 22.2 Å². The molecule has 0 bridgehead atoms. The van der Waals surface area contributed by atoms with Gasteiger partial charge in [-0.05, 0) is 32.0 Å². The number of hydrogen-bond donors (Lipinski definition) is 1. The fourth-order valence-corrected chi connectivity index (χ4v) is 1.87. The number of carbonyl (C=O) groups excluding carboxylic acids is 1. The van der Waals surface area contributed by atoms with Gasteiger partial charge in [-0.15, -0.1) is 0 Å². The molecule has 1 saturated carbocycles. The molecule has 0 unspecified atom stereocenters. The summed E-state index contributed by atoms with van der Waals surface area (Å²) in [5, 5.41) is 3.19. The van der Waals surface area contributed by atoms with Crippen molar-refractivity contribution in [1.82, 2.24) is 9.88 Å². The van der Waals surface area contributed by atoms with Crippen molar-refractivity contribution < 1.29 is 9.53 Å². The van der Waals surface area contributed by atoms with Gasteiger partial charge in [-0.2, -0.15) is 0 Å². The molecular formula is C13H19N3O2. The lowest BCUT2D eigenvalue weighted by molar-refractivity contribution is 0.0601. The summed E-state index contributed by atoms with van der Waals surface area (Å²) >= 11 is 0. The zero-order valence-corrected chi connectivity index (χ0v) is 10.8. The average Bonchev–Trinajstić information content (AvgIpc) is 3.22. The van der Waals surface area contributed by atoms with Gasteiger partial charge >= 0.3 is 5.97 Å². The SMILES string of the molecule is COC(=O)c1cccnc1NCCN(C)C1CC1. The van der Waals surface area contributed by atoms with E-state index >= 15 is 0 Å². The van der Waals surface area contributed by atoms with Gasteiger partial charge in [0.25, 0.3) is 0 Å². The largest absolute Gasteiger partial charge is 0.465 e. The summed E-state index contributed by atoms with van der Waals surface area (Å²) in [4.78, 5) is 18.0. The van der Waals surface area contributed by atoms with Crippen LogP contribution in [0.2, 0.25) is 0 Å². The molecular weight excluding hydrogens is 230 g/mol. The minimum atomic E-state index is -0.360. The van der Waals surface area contributed by atoms with Crippen molar-refractivity contribution in [2.45, 2.75) is 18.9 Å². The Hall–Kier alpha value is -1.62. The number of methoxy groups -OCH3 is 1. The number of ether oxygens (including phenoxy) is 1. The van der Waals surface area contributed by atoms with E-state index < -0.39 is 0 Å². The fourth-order valence-electron chi connectivity index (χ4n) is 1.87. The van der Waals surface area contributed by atoms with Gasteiger partial charge in [-0.3, -0.25) is 0 Å². The Kier molecular flexibility index (Phi) is 4.15. The molecule has 2 rings (SSSR count). The number of likely N-dealkylation sites (N-methyl/N-ethyl adjacent to an activating group) is 1. The molecule has 98 valence electrons. The number of aromatic nitrogens is 1. The lowest BCUT2D eigenvalue weighted by Crippen LogP contribution is -2.27. The van der Waals surface area contributed by atoms with Crippen molar-refractivity contribution in [3.05, 3.63) is 23.9 Å². The Morgan fingerprint density at radius 2 is 2.39 bits per heavy atom. The maximum atomic E-state index is 11.5. The average molecular weight is 249 g/mol. The molecule has 1 aliphatic rings. The number of rotatable bonds is 6. The molecule has 1 aliphatic carbocycles. The summed E-state index contributed by atoms with van der Waals surface area (Å²) < 4.78 is 4.72. The zero-order chi connectivity index (χ0) is 13.0. The highest BCUT2D eigenvalue weighted by atomic mass is 16.5. The molecule has 18 heavy (non-hydrogen) atoms. The van der Waals surface area contributed by atoms with Crippen LogP contribution in [0.4, 0.5) is 5.82 Å². The standard InChI is InChI=1S/C13H19N3O2/c1-16(10-5-6-10)9-8-15-12-11(13(17)18-2)4-3-7-14-12/h3-4,7,10H,5-6,8-9H2,1-2H3,(H,14,15). The Balaban J connectivity index is 1.89. The van der Waals surface area contributed by atoms with Crippen molar-refractivity contribution in [3.63, 3.8) is 0 Å². The van der Waals surface area contributed by atoms with Crippen LogP contribution in [-0.2, 0) is 4.74 Å². The number of nitrogens with zero attached hydrogens (tertiary/aromatic N) is 2. The van der Waals surface area contributed by atoms with E-state index in [-0.39, 0.29) is 5.97 Å². The summed E-state index contributed by atoms with van der Waals surface area (Å²) in [7, 11) is 3.50. The third-order valence-corrected chi connectivity index (χ3v) is 3.14. The van der Waals surface area contributed by atoms with Gasteiger partial charge < -0.3 is 15.0 Å². The van der Waals surface area contributed by atoms with Gasteiger partial charge in [0.1, 0.15) is 11.4 Å². The third-order valence-electron chi connectivity index (χ3n) is 3.14. The number of pyridine rings is 1. The predicted octanol–water partition coefficient (Wildman–Crippen LogP) is 1.37. The number of hydrogen-bond acceptors (Lipinski definition) is 5. The minimum Gasteiger partial charge on any atom is -0.465 e. The van der Waals surface area contributed by atoms with E-state index in [1.807, 2.05) is 0 Å². The molecule has 1 aromatic heterocycles. The third kappa shape index (κ3) is 3.20. The zero-order valence-electron chi connectivity index (χ0n) is 10.8. The summed E-state index contributed by atoms with van der Waals surface area (Å²) in [6.45, 7) is 1.72. The van der Waals surface area contributed by atoms with E-state index in [0.29, 0.717) is 11.4 Å². The molecule has 1 fully saturated rings. The summed E-state index contributed by atoms with van der Waals surface area (Å²) in [5.74, 6) is 0.231. The first-order valence-electron chi connectivity index (χ1n) is 6.20. The van der Waals surface area contributed by atoms with Crippen molar-refractivity contribution >= 4 is 11.8 Å². The Morgan fingerprint density at radius 1 is 1.61 bits per heavy atom. The molecule has 0 saturated heterocycles. The first kappa shape index (κ1) is 12.8. The molecule has 0 spiro atoms. The smallest absolute Gasteiger partial charge is 0.341 e. The maximum absolute atomic E-state index is 11.5. The van der Waals surface area contributed by atoms with Gasteiger partial charge in [-0.1, -0.05) is 0 Å². The van der Waals surface area contributed by atoms with Crippen LogP contribution in [0.3, 0.4) is 0 Å². The van der Waals surface area contributed by atoms with Crippen LogP contribution >= 0.6 is 0 Å². The summed E-state index contributed by atoms with van der Waals surface area (Å²) in [5.41, 5.74) is 0.481. The van der Waals surface area contributed by atoms with Crippen LogP contribution in [0.5, 0.6) is 0 Å².